The molecule has 0 saturated heterocycles. The average molecular weight is 260 g/mol. The second kappa shape index (κ2) is 5.95. The van der Waals surface area contributed by atoms with Crippen LogP contribution < -0.4 is 5.56 Å². The highest BCUT2D eigenvalue weighted by Crippen LogP contribution is 2.12. The highest BCUT2D eigenvalue weighted by Gasteiger charge is 2.22. The van der Waals surface area contributed by atoms with Crippen molar-refractivity contribution >= 4 is 10.0 Å². The number of sulfonamides is 1. The molecule has 1 rings (SSSR count). The minimum Gasteiger partial charge on any atom is -0.383 e. The predicted molar refractivity (Wildman–Crippen MR) is 63.4 cm³/mol. The second-order valence-electron chi connectivity index (χ2n) is 3.38. The first-order chi connectivity index (χ1) is 8.02. The summed E-state index contributed by atoms with van der Waals surface area (Å²) in [6.07, 6.45) is 1.20. The van der Waals surface area contributed by atoms with Crippen LogP contribution in [-0.4, -0.2) is 44.5 Å². The van der Waals surface area contributed by atoms with E-state index >= 15 is 0 Å². The lowest BCUT2D eigenvalue weighted by Crippen LogP contribution is -2.34. The summed E-state index contributed by atoms with van der Waals surface area (Å²) >= 11 is 0. The van der Waals surface area contributed by atoms with Gasteiger partial charge in [0.1, 0.15) is 0 Å². The number of aromatic nitrogens is 1. The van der Waals surface area contributed by atoms with Gasteiger partial charge in [-0.15, -0.1) is 0 Å². The lowest BCUT2D eigenvalue weighted by molar-refractivity contribution is 0.180. The standard InChI is InChI=1S/C10H16N2O4S/c1-3-12(6-7-16-2)17(14,15)9-4-5-10(13)11-8-9/h4-5,8H,3,6-7H2,1-2H3,(H,11,13). The molecule has 0 aliphatic rings. The lowest BCUT2D eigenvalue weighted by Gasteiger charge is -2.19. The Hall–Kier alpha value is -1.18. The maximum Gasteiger partial charge on any atom is 0.247 e. The first-order valence-electron chi connectivity index (χ1n) is 5.20. The van der Waals surface area contributed by atoms with Crippen molar-refractivity contribution in [1.82, 2.24) is 9.29 Å². The Morgan fingerprint density at radius 2 is 2.12 bits per heavy atom. The van der Waals surface area contributed by atoms with Gasteiger partial charge >= 0.3 is 0 Å². The van der Waals surface area contributed by atoms with Gasteiger partial charge in [-0.05, 0) is 6.07 Å². The Balaban J connectivity index is 2.99. The molecule has 0 radical (unpaired) electrons. The van der Waals surface area contributed by atoms with E-state index in [0.717, 1.165) is 0 Å². The molecule has 0 unspecified atom stereocenters. The highest BCUT2D eigenvalue weighted by molar-refractivity contribution is 7.89. The molecular weight excluding hydrogens is 244 g/mol. The van der Waals surface area contributed by atoms with Crippen molar-refractivity contribution in [3.8, 4) is 0 Å². The average Bonchev–Trinajstić information content (AvgIpc) is 2.30. The van der Waals surface area contributed by atoms with E-state index in [0.29, 0.717) is 13.2 Å². The van der Waals surface area contributed by atoms with Crippen LogP contribution in [0.4, 0.5) is 0 Å². The van der Waals surface area contributed by atoms with Crippen molar-refractivity contribution in [2.75, 3.05) is 26.8 Å². The first kappa shape index (κ1) is 13.9. The van der Waals surface area contributed by atoms with Crippen molar-refractivity contribution in [2.24, 2.45) is 0 Å². The van der Waals surface area contributed by atoms with E-state index in [1.807, 2.05) is 0 Å². The Morgan fingerprint density at radius 1 is 1.41 bits per heavy atom. The number of rotatable bonds is 6. The Bertz CT molecular complexity index is 489. The number of ether oxygens (including phenoxy) is 1. The van der Waals surface area contributed by atoms with Crippen molar-refractivity contribution in [2.45, 2.75) is 11.8 Å². The van der Waals surface area contributed by atoms with Crippen LogP contribution in [0.3, 0.4) is 0 Å². The summed E-state index contributed by atoms with van der Waals surface area (Å²) in [5.74, 6) is 0. The summed E-state index contributed by atoms with van der Waals surface area (Å²) in [6.45, 7) is 2.72. The number of nitrogens with zero attached hydrogens (tertiary/aromatic N) is 1. The lowest BCUT2D eigenvalue weighted by atomic mass is 10.5. The fraction of sp³-hybridized carbons (Fsp3) is 0.500. The molecule has 17 heavy (non-hydrogen) atoms. The number of hydrogen-bond donors (Lipinski definition) is 1. The largest absolute Gasteiger partial charge is 0.383 e. The number of H-pyrrole nitrogens is 1. The zero-order chi connectivity index (χ0) is 12.9. The van der Waals surface area contributed by atoms with Gasteiger partial charge in [0, 0.05) is 32.5 Å². The zero-order valence-corrected chi connectivity index (χ0v) is 10.7. The summed E-state index contributed by atoms with van der Waals surface area (Å²) in [5.41, 5.74) is -0.330. The number of likely N-dealkylation sites (N-methyl/N-ethyl adjacent to an activating group) is 1. The normalized spacial score (nSPS) is 11.9. The summed E-state index contributed by atoms with van der Waals surface area (Å²) in [6, 6.07) is 2.49. The molecule has 0 fully saturated rings. The number of aromatic amines is 1. The Kier molecular flexibility index (Phi) is 4.86. The van der Waals surface area contributed by atoms with Gasteiger partial charge in [-0.25, -0.2) is 8.42 Å². The minimum absolute atomic E-state index is 0.0788. The monoisotopic (exact) mass is 260 g/mol. The third-order valence-corrected chi connectivity index (χ3v) is 4.26. The minimum atomic E-state index is -3.56. The maximum atomic E-state index is 12.1. The topological polar surface area (TPSA) is 79.5 Å². The smallest absolute Gasteiger partial charge is 0.247 e. The molecule has 1 aromatic heterocycles. The number of hydrogen-bond acceptors (Lipinski definition) is 4. The van der Waals surface area contributed by atoms with E-state index in [1.54, 1.807) is 6.92 Å². The maximum absolute atomic E-state index is 12.1. The van der Waals surface area contributed by atoms with Gasteiger partial charge in [-0.3, -0.25) is 4.79 Å². The SMILES string of the molecule is CCN(CCOC)S(=O)(=O)c1ccc(=O)[nH]c1. The predicted octanol–water partition coefficient (Wildman–Crippen LogP) is 0.0319. The van der Waals surface area contributed by atoms with Crippen LogP contribution in [0.5, 0.6) is 0 Å². The van der Waals surface area contributed by atoms with E-state index in [1.165, 1.54) is 29.7 Å². The third-order valence-electron chi connectivity index (χ3n) is 2.29. The van der Waals surface area contributed by atoms with E-state index in [9.17, 15) is 13.2 Å². The van der Waals surface area contributed by atoms with Gasteiger partial charge in [0.15, 0.2) is 0 Å². The van der Waals surface area contributed by atoms with E-state index in [2.05, 4.69) is 4.98 Å². The molecule has 0 bridgehead atoms. The van der Waals surface area contributed by atoms with Crippen LogP contribution in [0.15, 0.2) is 28.0 Å². The molecular formula is C10H16N2O4S. The molecule has 1 aromatic rings. The Labute approximate surface area is 100 Å². The quantitative estimate of drug-likeness (QED) is 0.782. The van der Waals surface area contributed by atoms with Gasteiger partial charge in [0.2, 0.25) is 15.6 Å². The summed E-state index contributed by atoms with van der Waals surface area (Å²) in [4.78, 5) is 13.3. The van der Waals surface area contributed by atoms with E-state index in [-0.39, 0.29) is 17.0 Å². The van der Waals surface area contributed by atoms with Gasteiger partial charge in [0.05, 0.1) is 11.5 Å². The Morgan fingerprint density at radius 3 is 2.59 bits per heavy atom. The van der Waals surface area contributed by atoms with Crippen LogP contribution in [0, 0.1) is 0 Å². The molecule has 0 spiro atoms. The van der Waals surface area contributed by atoms with E-state index < -0.39 is 10.0 Å². The molecule has 1 N–H and O–H groups in total. The van der Waals surface area contributed by atoms with E-state index in [4.69, 9.17) is 4.74 Å². The van der Waals surface area contributed by atoms with Gasteiger partial charge < -0.3 is 9.72 Å². The van der Waals surface area contributed by atoms with Gasteiger partial charge in [-0.2, -0.15) is 4.31 Å². The first-order valence-corrected chi connectivity index (χ1v) is 6.64. The van der Waals surface area contributed by atoms with Crippen LogP contribution in [0.25, 0.3) is 0 Å². The summed E-state index contributed by atoms with van der Waals surface area (Å²) in [5, 5.41) is 0. The highest BCUT2D eigenvalue weighted by atomic mass is 32.2. The number of pyridine rings is 1. The molecule has 96 valence electrons. The van der Waals surface area contributed by atoms with Gasteiger partial charge in [0.25, 0.3) is 0 Å². The molecule has 0 aliphatic carbocycles. The molecule has 1 heterocycles. The molecule has 0 aliphatic heterocycles. The van der Waals surface area contributed by atoms with Crippen LogP contribution in [0.1, 0.15) is 6.92 Å². The third kappa shape index (κ3) is 3.39. The van der Waals surface area contributed by atoms with Gasteiger partial charge in [-0.1, -0.05) is 6.92 Å². The number of methoxy groups -OCH3 is 1. The fourth-order valence-corrected chi connectivity index (χ4v) is 2.75. The van der Waals surface area contributed by atoms with Crippen molar-refractivity contribution in [3.63, 3.8) is 0 Å². The molecule has 0 aromatic carbocycles. The molecule has 0 saturated carbocycles. The molecule has 6 nitrogen and oxygen atoms in total. The van der Waals surface area contributed by atoms with Crippen LogP contribution in [-0.2, 0) is 14.8 Å². The molecule has 7 heteroatoms. The zero-order valence-electron chi connectivity index (χ0n) is 9.84. The second-order valence-corrected chi connectivity index (χ2v) is 5.32. The summed E-state index contributed by atoms with van der Waals surface area (Å²) in [7, 11) is -2.04. The number of nitrogens with one attached hydrogen (secondary N) is 1. The van der Waals surface area contributed by atoms with Crippen molar-refractivity contribution < 1.29 is 13.2 Å². The fourth-order valence-electron chi connectivity index (χ4n) is 1.35. The van der Waals surface area contributed by atoms with Crippen LogP contribution in [0.2, 0.25) is 0 Å². The van der Waals surface area contributed by atoms with Crippen LogP contribution >= 0.6 is 0 Å². The van der Waals surface area contributed by atoms with Crippen molar-refractivity contribution in [3.05, 3.63) is 28.7 Å². The molecule has 0 atom stereocenters. The summed E-state index contributed by atoms with van der Waals surface area (Å²) < 4.78 is 30.4. The van der Waals surface area contributed by atoms with Crippen molar-refractivity contribution in [1.29, 1.82) is 0 Å². The molecule has 0 amide bonds.